The summed E-state index contributed by atoms with van der Waals surface area (Å²) in [5.41, 5.74) is 1.17. The average Bonchev–Trinajstić information content (AvgIpc) is 2.69. The Labute approximate surface area is 168 Å². The van der Waals surface area contributed by atoms with E-state index < -0.39 is 5.92 Å². The number of nitrogens with zero attached hydrogens (tertiary/aromatic N) is 4. The van der Waals surface area contributed by atoms with Crippen molar-refractivity contribution >= 4 is 35.3 Å². The highest BCUT2D eigenvalue weighted by atomic mass is 35.5. The molecule has 0 bridgehead atoms. The first kappa shape index (κ1) is 20.5. The Balaban J connectivity index is 2.25. The topological polar surface area (TPSA) is 80.2 Å². The standard InChI is InChI=1S/C20H16Cl2N4O/c21-18-7-3-15(4-8-18)13-25-26(14-16(12-24)2-1-11-23)20(27)17-5-9-19(22)10-6-17/h3-10,13,16H,1-2,14H2/b25-13+. The van der Waals surface area contributed by atoms with Gasteiger partial charge in [-0.3, -0.25) is 4.79 Å². The number of carbonyl (C=O) groups excluding carboxylic acids is 1. The number of amides is 1. The van der Waals surface area contributed by atoms with Gasteiger partial charge in [0, 0.05) is 22.0 Å². The maximum Gasteiger partial charge on any atom is 0.273 e. The third kappa shape index (κ3) is 6.42. The first-order chi connectivity index (χ1) is 13.0. The minimum atomic E-state index is -0.497. The summed E-state index contributed by atoms with van der Waals surface area (Å²) in [6.45, 7) is 0.0870. The molecular weight excluding hydrogens is 383 g/mol. The van der Waals surface area contributed by atoms with Gasteiger partial charge in [0.2, 0.25) is 0 Å². The van der Waals surface area contributed by atoms with Gasteiger partial charge >= 0.3 is 0 Å². The summed E-state index contributed by atoms with van der Waals surface area (Å²) in [5.74, 6) is -0.850. The molecular formula is C20H16Cl2N4O. The molecule has 1 unspecified atom stereocenters. The minimum absolute atomic E-state index is 0.0870. The second kappa shape index (κ2) is 10.3. The highest BCUT2D eigenvalue weighted by Crippen LogP contribution is 2.15. The molecule has 0 radical (unpaired) electrons. The Bertz CT molecular complexity index is 880. The van der Waals surface area contributed by atoms with Crippen LogP contribution in [0.15, 0.2) is 53.6 Å². The molecule has 1 atom stereocenters. The molecule has 0 saturated heterocycles. The summed E-state index contributed by atoms with van der Waals surface area (Å²) in [5, 5.41) is 24.7. The van der Waals surface area contributed by atoms with Gasteiger partial charge in [0.15, 0.2) is 0 Å². The smallest absolute Gasteiger partial charge is 0.267 e. The van der Waals surface area contributed by atoms with Crippen LogP contribution in [0.3, 0.4) is 0 Å². The predicted molar refractivity (Wildman–Crippen MR) is 105 cm³/mol. The van der Waals surface area contributed by atoms with Gasteiger partial charge in [0.25, 0.3) is 5.91 Å². The third-order valence-corrected chi connectivity index (χ3v) is 4.23. The van der Waals surface area contributed by atoms with Crippen LogP contribution in [0.1, 0.15) is 28.8 Å². The van der Waals surface area contributed by atoms with Crippen molar-refractivity contribution in [1.29, 1.82) is 10.5 Å². The Morgan fingerprint density at radius 2 is 1.67 bits per heavy atom. The number of hydrogen-bond donors (Lipinski definition) is 0. The van der Waals surface area contributed by atoms with E-state index in [2.05, 4.69) is 11.2 Å². The van der Waals surface area contributed by atoms with Gasteiger partial charge in [-0.05, 0) is 48.4 Å². The van der Waals surface area contributed by atoms with Crippen molar-refractivity contribution in [3.63, 3.8) is 0 Å². The average molecular weight is 399 g/mol. The normalized spacial score (nSPS) is 11.6. The lowest BCUT2D eigenvalue weighted by molar-refractivity contribution is 0.0745. The fourth-order valence-corrected chi connectivity index (χ4v) is 2.51. The monoisotopic (exact) mass is 398 g/mol. The molecule has 2 aromatic carbocycles. The van der Waals surface area contributed by atoms with E-state index in [1.54, 1.807) is 48.5 Å². The summed E-state index contributed by atoms with van der Waals surface area (Å²) in [6, 6.07) is 17.6. The molecule has 0 aromatic heterocycles. The van der Waals surface area contributed by atoms with Gasteiger partial charge in [-0.15, -0.1) is 0 Å². The summed E-state index contributed by atoms with van der Waals surface area (Å²) >= 11 is 11.7. The van der Waals surface area contributed by atoms with E-state index in [1.807, 2.05) is 6.07 Å². The van der Waals surface area contributed by atoms with Gasteiger partial charge in [-0.1, -0.05) is 35.3 Å². The van der Waals surface area contributed by atoms with E-state index in [0.29, 0.717) is 22.0 Å². The second-order valence-corrected chi connectivity index (χ2v) is 6.59. The lowest BCUT2D eigenvalue weighted by atomic mass is 10.1. The highest BCUT2D eigenvalue weighted by molar-refractivity contribution is 6.31. The van der Waals surface area contributed by atoms with E-state index in [-0.39, 0.29) is 18.9 Å². The van der Waals surface area contributed by atoms with Crippen LogP contribution in [0.2, 0.25) is 10.0 Å². The van der Waals surface area contributed by atoms with E-state index in [9.17, 15) is 10.1 Å². The van der Waals surface area contributed by atoms with Gasteiger partial charge in [0.05, 0.1) is 30.8 Å². The van der Waals surface area contributed by atoms with E-state index in [0.717, 1.165) is 5.56 Å². The van der Waals surface area contributed by atoms with Gasteiger partial charge < -0.3 is 0 Å². The number of hydrazone groups is 1. The molecule has 2 aromatic rings. The van der Waals surface area contributed by atoms with E-state index in [4.69, 9.17) is 28.5 Å². The van der Waals surface area contributed by atoms with Crippen LogP contribution in [0.25, 0.3) is 0 Å². The van der Waals surface area contributed by atoms with Crippen LogP contribution >= 0.6 is 23.2 Å². The number of hydrogen-bond acceptors (Lipinski definition) is 4. The van der Waals surface area contributed by atoms with Crippen LogP contribution in [0.5, 0.6) is 0 Å². The number of nitriles is 2. The Kier molecular flexibility index (Phi) is 7.82. The number of halogens is 2. The van der Waals surface area contributed by atoms with Gasteiger partial charge in [-0.2, -0.15) is 15.6 Å². The quantitative estimate of drug-likeness (QED) is 0.490. The van der Waals surface area contributed by atoms with Crippen molar-refractivity contribution < 1.29 is 4.79 Å². The zero-order valence-electron chi connectivity index (χ0n) is 14.3. The maximum atomic E-state index is 12.8. The molecule has 0 heterocycles. The van der Waals surface area contributed by atoms with Crippen LogP contribution in [-0.2, 0) is 0 Å². The second-order valence-electron chi connectivity index (χ2n) is 5.71. The Morgan fingerprint density at radius 1 is 1.07 bits per heavy atom. The van der Waals surface area contributed by atoms with Gasteiger partial charge in [-0.25, -0.2) is 5.01 Å². The van der Waals surface area contributed by atoms with Crippen LogP contribution in [0, 0.1) is 28.6 Å². The predicted octanol–water partition coefficient (Wildman–Crippen LogP) is 4.91. The fraction of sp³-hybridized carbons (Fsp3) is 0.200. The molecule has 7 heteroatoms. The van der Waals surface area contributed by atoms with E-state index in [1.165, 1.54) is 11.2 Å². The lowest BCUT2D eigenvalue weighted by Gasteiger charge is -2.19. The van der Waals surface area contributed by atoms with Crippen molar-refractivity contribution in [3.05, 3.63) is 69.7 Å². The molecule has 0 N–H and O–H groups in total. The van der Waals surface area contributed by atoms with Gasteiger partial charge in [0.1, 0.15) is 0 Å². The molecule has 0 aliphatic carbocycles. The number of carbonyl (C=O) groups is 1. The van der Waals surface area contributed by atoms with Crippen molar-refractivity contribution in [3.8, 4) is 12.1 Å². The molecule has 0 saturated carbocycles. The van der Waals surface area contributed by atoms with Crippen LogP contribution in [-0.4, -0.2) is 23.7 Å². The molecule has 0 spiro atoms. The first-order valence-corrected chi connectivity index (χ1v) is 8.92. The summed E-state index contributed by atoms with van der Waals surface area (Å²) in [4.78, 5) is 12.8. The van der Waals surface area contributed by atoms with Crippen LogP contribution in [0.4, 0.5) is 0 Å². The zero-order valence-corrected chi connectivity index (χ0v) is 15.9. The minimum Gasteiger partial charge on any atom is -0.267 e. The van der Waals surface area contributed by atoms with E-state index >= 15 is 0 Å². The summed E-state index contributed by atoms with van der Waals surface area (Å²) in [6.07, 6.45) is 2.14. The molecule has 1 amide bonds. The first-order valence-electron chi connectivity index (χ1n) is 8.17. The number of benzene rings is 2. The Hall–Kier alpha value is -2.86. The largest absolute Gasteiger partial charge is 0.273 e. The molecule has 27 heavy (non-hydrogen) atoms. The maximum absolute atomic E-state index is 12.8. The molecule has 0 fully saturated rings. The lowest BCUT2D eigenvalue weighted by Crippen LogP contribution is -2.31. The van der Waals surface area contributed by atoms with Crippen LogP contribution < -0.4 is 0 Å². The summed E-state index contributed by atoms with van der Waals surface area (Å²) < 4.78 is 0. The van der Waals surface area contributed by atoms with Crippen molar-refractivity contribution in [1.82, 2.24) is 5.01 Å². The SMILES string of the molecule is N#CCCC(C#N)CN(/N=C/c1ccc(Cl)cc1)C(=O)c1ccc(Cl)cc1. The van der Waals surface area contributed by atoms with Crippen molar-refractivity contribution in [2.75, 3.05) is 6.54 Å². The number of rotatable bonds is 7. The fourth-order valence-electron chi connectivity index (χ4n) is 2.25. The molecule has 5 nitrogen and oxygen atoms in total. The summed E-state index contributed by atoms with van der Waals surface area (Å²) in [7, 11) is 0. The molecule has 2 rings (SSSR count). The molecule has 0 aliphatic rings. The van der Waals surface area contributed by atoms with Crippen molar-refractivity contribution in [2.24, 2.45) is 11.0 Å². The third-order valence-electron chi connectivity index (χ3n) is 3.72. The Morgan fingerprint density at radius 3 is 2.22 bits per heavy atom. The zero-order chi connectivity index (χ0) is 19.6. The van der Waals surface area contributed by atoms with Crippen molar-refractivity contribution in [2.45, 2.75) is 12.8 Å². The molecule has 136 valence electrons. The molecule has 0 aliphatic heterocycles. The highest BCUT2D eigenvalue weighted by Gasteiger charge is 2.20.